The Morgan fingerprint density at radius 1 is 1.00 bits per heavy atom. The molecule has 0 saturated carbocycles. The highest BCUT2D eigenvalue weighted by atomic mass is 16.3. The molecule has 23 heavy (non-hydrogen) atoms. The van der Waals surface area contributed by atoms with Gasteiger partial charge in [0, 0.05) is 32.2 Å². The molecular formula is C19H24N2O2. The van der Waals surface area contributed by atoms with Crippen LogP contribution < -0.4 is 5.32 Å². The summed E-state index contributed by atoms with van der Waals surface area (Å²) in [6, 6.07) is 18.2. The lowest BCUT2D eigenvalue weighted by molar-refractivity contribution is -0.114. The number of nitrogens with one attached hydrogen (secondary N) is 1. The number of carbonyl (C=O) groups excluding carboxylic acids is 1. The number of benzene rings is 2. The highest BCUT2D eigenvalue weighted by Crippen LogP contribution is 2.12. The SMILES string of the molecule is CC(=O)Nc1ccc(CN(CCO)CCc2ccccc2)cc1. The molecule has 1 amide bonds. The van der Waals surface area contributed by atoms with Gasteiger partial charge < -0.3 is 10.4 Å². The van der Waals surface area contributed by atoms with Crippen molar-refractivity contribution in [2.24, 2.45) is 0 Å². The zero-order chi connectivity index (χ0) is 16.5. The number of nitrogens with zero attached hydrogens (tertiary/aromatic N) is 1. The van der Waals surface area contributed by atoms with Gasteiger partial charge in [-0.25, -0.2) is 0 Å². The van der Waals surface area contributed by atoms with Crippen molar-refractivity contribution in [3.63, 3.8) is 0 Å². The molecule has 0 heterocycles. The van der Waals surface area contributed by atoms with Crippen LogP contribution >= 0.6 is 0 Å². The largest absolute Gasteiger partial charge is 0.395 e. The van der Waals surface area contributed by atoms with Crippen LogP contribution in [0.4, 0.5) is 5.69 Å². The van der Waals surface area contributed by atoms with Crippen molar-refractivity contribution in [1.29, 1.82) is 0 Å². The smallest absolute Gasteiger partial charge is 0.221 e. The molecule has 2 aromatic carbocycles. The van der Waals surface area contributed by atoms with E-state index in [-0.39, 0.29) is 12.5 Å². The van der Waals surface area contributed by atoms with Crippen LogP contribution in [0.2, 0.25) is 0 Å². The van der Waals surface area contributed by atoms with Gasteiger partial charge in [0.05, 0.1) is 6.61 Å². The number of aliphatic hydroxyl groups is 1. The topological polar surface area (TPSA) is 52.6 Å². The summed E-state index contributed by atoms with van der Waals surface area (Å²) in [5.41, 5.74) is 3.27. The lowest BCUT2D eigenvalue weighted by Gasteiger charge is -2.21. The third-order valence-corrected chi connectivity index (χ3v) is 3.66. The normalized spacial score (nSPS) is 10.7. The predicted octanol–water partition coefficient (Wildman–Crippen LogP) is 2.68. The Morgan fingerprint density at radius 3 is 2.30 bits per heavy atom. The quantitative estimate of drug-likeness (QED) is 0.788. The summed E-state index contributed by atoms with van der Waals surface area (Å²) in [7, 11) is 0. The van der Waals surface area contributed by atoms with Gasteiger partial charge >= 0.3 is 0 Å². The first kappa shape index (κ1) is 17.2. The van der Waals surface area contributed by atoms with E-state index in [1.54, 1.807) is 0 Å². The van der Waals surface area contributed by atoms with E-state index in [1.165, 1.54) is 18.1 Å². The second-order valence-electron chi connectivity index (χ2n) is 5.61. The van der Waals surface area contributed by atoms with Crippen LogP contribution in [0.25, 0.3) is 0 Å². The highest BCUT2D eigenvalue weighted by Gasteiger charge is 2.06. The van der Waals surface area contributed by atoms with Gasteiger partial charge in [-0.1, -0.05) is 42.5 Å². The standard InChI is InChI=1S/C19H24N2O2/c1-16(23)20-19-9-7-18(8-10-19)15-21(13-14-22)12-11-17-5-3-2-4-6-17/h2-10,22H,11-15H2,1H3,(H,20,23). The third kappa shape index (κ3) is 6.22. The Labute approximate surface area is 137 Å². The number of hydrogen-bond donors (Lipinski definition) is 2. The molecule has 0 spiro atoms. The Balaban J connectivity index is 1.91. The van der Waals surface area contributed by atoms with E-state index in [0.29, 0.717) is 6.54 Å². The molecule has 0 aliphatic heterocycles. The van der Waals surface area contributed by atoms with Crippen molar-refractivity contribution in [2.75, 3.05) is 25.0 Å². The van der Waals surface area contributed by atoms with Crippen molar-refractivity contribution < 1.29 is 9.90 Å². The van der Waals surface area contributed by atoms with Crippen LogP contribution in [0.15, 0.2) is 54.6 Å². The Hall–Kier alpha value is -2.17. The van der Waals surface area contributed by atoms with Gasteiger partial charge in [-0.2, -0.15) is 0 Å². The van der Waals surface area contributed by atoms with Gasteiger partial charge in [0.1, 0.15) is 0 Å². The fourth-order valence-corrected chi connectivity index (χ4v) is 2.50. The van der Waals surface area contributed by atoms with Crippen molar-refractivity contribution in [3.05, 3.63) is 65.7 Å². The zero-order valence-electron chi connectivity index (χ0n) is 13.5. The maximum absolute atomic E-state index is 11.0. The molecule has 2 N–H and O–H groups in total. The van der Waals surface area contributed by atoms with Gasteiger partial charge in [-0.3, -0.25) is 9.69 Å². The first-order chi connectivity index (χ1) is 11.2. The Morgan fingerprint density at radius 2 is 1.70 bits per heavy atom. The Kier molecular flexibility index (Phi) is 6.78. The number of rotatable bonds is 8. The summed E-state index contributed by atoms with van der Waals surface area (Å²) in [5.74, 6) is -0.0671. The molecule has 0 bridgehead atoms. The molecule has 2 rings (SSSR count). The van der Waals surface area contributed by atoms with Crippen molar-refractivity contribution >= 4 is 11.6 Å². The second-order valence-corrected chi connectivity index (χ2v) is 5.61. The summed E-state index contributed by atoms with van der Waals surface area (Å²) in [6.45, 7) is 3.99. The first-order valence-electron chi connectivity index (χ1n) is 7.91. The van der Waals surface area contributed by atoms with E-state index in [2.05, 4.69) is 22.3 Å². The van der Waals surface area contributed by atoms with E-state index < -0.39 is 0 Å². The number of hydrogen-bond acceptors (Lipinski definition) is 3. The molecule has 0 aliphatic rings. The van der Waals surface area contributed by atoms with Crippen LogP contribution in [-0.4, -0.2) is 35.6 Å². The molecule has 0 unspecified atom stereocenters. The summed E-state index contributed by atoms with van der Waals surface area (Å²) < 4.78 is 0. The van der Waals surface area contributed by atoms with Crippen molar-refractivity contribution in [1.82, 2.24) is 4.90 Å². The summed E-state index contributed by atoms with van der Waals surface area (Å²) in [5, 5.41) is 12.0. The Bertz CT molecular complexity index is 597. The minimum absolute atomic E-state index is 0.0671. The van der Waals surface area contributed by atoms with Crippen LogP contribution in [0.5, 0.6) is 0 Å². The second kappa shape index (κ2) is 9.08. The van der Waals surface area contributed by atoms with E-state index in [0.717, 1.165) is 25.2 Å². The number of aliphatic hydroxyl groups excluding tert-OH is 1. The van der Waals surface area contributed by atoms with Crippen LogP contribution in [0.3, 0.4) is 0 Å². The number of amides is 1. The lowest BCUT2D eigenvalue weighted by atomic mass is 10.1. The number of anilines is 1. The van der Waals surface area contributed by atoms with Gasteiger partial charge in [0.2, 0.25) is 5.91 Å². The predicted molar refractivity (Wildman–Crippen MR) is 93.3 cm³/mol. The molecule has 4 nitrogen and oxygen atoms in total. The molecule has 0 fully saturated rings. The molecule has 0 aromatic heterocycles. The molecule has 0 aliphatic carbocycles. The van der Waals surface area contributed by atoms with E-state index in [1.807, 2.05) is 42.5 Å². The maximum Gasteiger partial charge on any atom is 0.221 e. The molecule has 0 saturated heterocycles. The van der Waals surface area contributed by atoms with Gasteiger partial charge in [0.15, 0.2) is 0 Å². The number of carbonyl (C=O) groups is 1. The van der Waals surface area contributed by atoms with Crippen LogP contribution in [0.1, 0.15) is 18.1 Å². The maximum atomic E-state index is 11.0. The lowest BCUT2D eigenvalue weighted by Crippen LogP contribution is -2.28. The van der Waals surface area contributed by atoms with E-state index in [4.69, 9.17) is 0 Å². The molecule has 122 valence electrons. The molecule has 0 atom stereocenters. The zero-order valence-corrected chi connectivity index (χ0v) is 13.5. The van der Waals surface area contributed by atoms with Crippen LogP contribution in [-0.2, 0) is 17.8 Å². The average Bonchev–Trinajstić information content (AvgIpc) is 2.55. The highest BCUT2D eigenvalue weighted by molar-refractivity contribution is 5.88. The molecular weight excluding hydrogens is 288 g/mol. The molecule has 2 aromatic rings. The molecule has 0 radical (unpaired) electrons. The minimum Gasteiger partial charge on any atom is -0.395 e. The summed E-state index contributed by atoms with van der Waals surface area (Å²) >= 11 is 0. The summed E-state index contributed by atoms with van der Waals surface area (Å²) in [6.07, 6.45) is 0.963. The average molecular weight is 312 g/mol. The fourth-order valence-electron chi connectivity index (χ4n) is 2.50. The van der Waals surface area contributed by atoms with Crippen molar-refractivity contribution in [2.45, 2.75) is 19.9 Å². The molecule has 4 heteroatoms. The van der Waals surface area contributed by atoms with E-state index >= 15 is 0 Å². The third-order valence-electron chi connectivity index (χ3n) is 3.66. The van der Waals surface area contributed by atoms with E-state index in [9.17, 15) is 9.90 Å². The van der Waals surface area contributed by atoms with Crippen LogP contribution in [0, 0.1) is 0 Å². The summed E-state index contributed by atoms with van der Waals surface area (Å²) in [4.78, 5) is 13.3. The monoisotopic (exact) mass is 312 g/mol. The van der Waals surface area contributed by atoms with Gasteiger partial charge in [-0.05, 0) is 29.7 Å². The fraction of sp³-hybridized carbons (Fsp3) is 0.316. The first-order valence-corrected chi connectivity index (χ1v) is 7.91. The minimum atomic E-state index is -0.0671. The van der Waals surface area contributed by atoms with Gasteiger partial charge in [0.25, 0.3) is 0 Å². The van der Waals surface area contributed by atoms with Crippen molar-refractivity contribution in [3.8, 4) is 0 Å². The van der Waals surface area contributed by atoms with Gasteiger partial charge in [-0.15, -0.1) is 0 Å².